The Morgan fingerprint density at radius 3 is 2.97 bits per heavy atom. The Morgan fingerprint density at radius 2 is 2.18 bits per heavy atom. The SMILES string of the molecule is Cc1nc2c(cc1-c1cnc3[nH]cc(F)c3c1)n(C[C@H]1COCCO1)c(=O)n2C1=CCCCC1. The van der Waals surface area contributed by atoms with Crippen molar-refractivity contribution < 1.29 is 13.9 Å². The highest BCUT2D eigenvalue weighted by molar-refractivity contribution is 5.86. The zero-order chi connectivity index (χ0) is 23.2. The second kappa shape index (κ2) is 8.48. The Bertz CT molecular complexity index is 1480. The fraction of sp³-hybridized carbons (Fsp3) is 0.400. The molecule has 4 aromatic rings. The van der Waals surface area contributed by atoms with E-state index in [0.717, 1.165) is 53.7 Å². The number of halogens is 1. The van der Waals surface area contributed by atoms with E-state index >= 15 is 0 Å². The van der Waals surface area contributed by atoms with Crippen molar-refractivity contribution in [3.63, 3.8) is 0 Å². The van der Waals surface area contributed by atoms with Crippen LogP contribution in [-0.4, -0.2) is 50.0 Å². The molecule has 8 nitrogen and oxygen atoms in total. The summed E-state index contributed by atoms with van der Waals surface area (Å²) in [5.41, 5.74) is 5.05. The maximum atomic E-state index is 14.2. The van der Waals surface area contributed by atoms with Gasteiger partial charge < -0.3 is 14.5 Å². The highest BCUT2D eigenvalue weighted by Gasteiger charge is 2.24. The number of allylic oxidation sites excluding steroid dienone is 2. The molecule has 1 aliphatic carbocycles. The molecule has 176 valence electrons. The van der Waals surface area contributed by atoms with Gasteiger partial charge in [0.1, 0.15) is 11.5 Å². The van der Waals surface area contributed by atoms with E-state index in [2.05, 4.69) is 16.0 Å². The molecule has 1 saturated heterocycles. The van der Waals surface area contributed by atoms with Gasteiger partial charge in [-0.25, -0.2) is 23.7 Å². The van der Waals surface area contributed by atoms with Crippen LogP contribution in [0.4, 0.5) is 4.39 Å². The maximum Gasteiger partial charge on any atom is 0.334 e. The van der Waals surface area contributed by atoms with Crippen molar-refractivity contribution in [1.29, 1.82) is 0 Å². The highest BCUT2D eigenvalue weighted by atomic mass is 19.1. The van der Waals surface area contributed by atoms with Crippen LogP contribution in [0.1, 0.15) is 31.4 Å². The number of aromatic amines is 1. The van der Waals surface area contributed by atoms with Gasteiger partial charge in [0.15, 0.2) is 5.65 Å². The first-order valence-corrected chi connectivity index (χ1v) is 11.7. The molecule has 0 bridgehead atoms. The summed E-state index contributed by atoms with van der Waals surface area (Å²) in [6, 6.07) is 3.74. The third kappa shape index (κ3) is 3.56. The summed E-state index contributed by atoms with van der Waals surface area (Å²) in [5.74, 6) is -0.349. The standard InChI is InChI=1S/C25H26FN5O3/c1-15-19(16-9-20-21(26)12-28-23(20)27-11-16)10-22-24(29-15)31(17-5-3-2-4-6-17)25(32)30(22)13-18-14-33-7-8-34-18/h5,9-12,18H,2-4,6-8,13-14H2,1H3,(H,27,28)/t18-/m0/s1. The number of rotatable bonds is 4. The molecule has 9 heteroatoms. The molecule has 6 rings (SSSR count). The Balaban J connectivity index is 1.54. The second-order valence-electron chi connectivity index (χ2n) is 8.96. The number of fused-ring (bicyclic) bond motifs is 2. The molecular weight excluding hydrogens is 437 g/mol. The quantitative estimate of drug-likeness (QED) is 0.494. The summed E-state index contributed by atoms with van der Waals surface area (Å²) >= 11 is 0. The lowest BCUT2D eigenvalue weighted by molar-refractivity contribution is -0.0935. The number of nitrogens with zero attached hydrogens (tertiary/aromatic N) is 4. The molecule has 1 atom stereocenters. The first-order chi connectivity index (χ1) is 16.6. The molecular formula is C25H26FN5O3. The smallest absolute Gasteiger partial charge is 0.334 e. The van der Waals surface area contributed by atoms with Gasteiger partial charge in [-0.3, -0.25) is 4.57 Å². The molecule has 5 heterocycles. The molecule has 1 aliphatic heterocycles. The zero-order valence-electron chi connectivity index (χ0n) is 19.0. The third-order valence-corrected chi connectivity index (χ3v) is 6.72. The molecule has 4 aromatic heterocycles. The molecule has 2 aliphatic rings. The van der Waals surface area contributed by atoms with Crippen molar-refractivity contribution >= 4 is 27.9 Å². The Labute approximate surface area is 195 Å². The number of H-pyrrole nitrogens is 1. The van der Waals surface area contributed by atoms with Crippen LogP contribution in [-0.2, 0) is 16.0 Å². The summed E-state index contributed by atoms with van der Waals surface area (Å²) in [5, 5.41) is 0.423. The lowest BCUT2D eigenvalue weighted by Gasteiger charge is -2.23. The number of hydrogen-bond acceptors (Lipinski definition) is 5. The predicted octanol–water partition coefficient (Wildman–Crippen LogP) is 4.02. The fourth-order valence-corrected chi connectivity index (χ4v) is 4.98. The normalized spacial score (nSPS) is 19.1. The molecule has 1 N–H and O–H groups in total. The zero-order valence-corrected chi connectivity index (χ0v) is 19.0. The average Bonchev–Trinajstić information content (AvgIpc) is 3.36. The van der Waals surface area contributed by atoms with Crippen molar-refractivity contribution in [2.75, 3.05) is 19.8 Å². The lowest BCUT2D eigenvalue weighted by Crippen LogP contribution is -2.36. The van der Waals surface area contributed by atoms with E-state index in [4.69, 9.17) is 14.5 Å². The first-order valence-electron chi connectivity index (χ1n) is 11.7. The molecule has 0 saturated carbocycles. The van der Waals surface area contributed by atoms with Crippen molar-refractivity contribution in [2.24, 2.45) is 0 Å². The third-order valence-electron chi connectivity index (χ3n) is 6.72. The van der Waals surface area contributed by atoms with E-state index in [1.165, 1.54) is 6.20 Å². The molecule has 0 unspecified atom stereocenters. The number of aromatic nitrogens is 5. The van der Waals surface area contributed by atoms with E-state index < -0.39 is 0 Å². The van der Waals surface area contributed by atoms with E-state index in [9.17, 15) is 9.18 Å². The minimum atomic E-state index is -0.349. The van der Waals surface area contributed by atoms with Crippen LogP contribution in [0.25, 0.3) is 39.0 Å². The van der Waals surface area contributed by atoms with Crippen LogP contribution < -0.4 is 5.69 Å². The minimum absolute atomic E-state index is 0.119. The lowest BCUT2D eigenvalue weighted by atomic mass is 10.0. The molecule has 1 fully saturated rings. The maximum absolute atomic E-state index is 14.2. The number of hydrogen-bond donors (Lipinski definition) is 1. The van der Waals surface area contributed by atoms with Crippen molar-refractivity contribution in [3.8, 4) is 11.1 Å². The van der Waals surface area contributed by atoms with E-state index in [0.29, 0.717) is 43.0 Å². The summed E-state index contributed by atoms with van der Waals surface area (Å²) in [7, 11) is 0. The van der Waals surface area contributed by atoms with Gasteiger partial charge in [0.05, 0.1) is 43.4 Å². The Hall–Kier alpha value is -3.30. The average molecular weight is 464 g/mol. The van der Waals surface area contributed by atoms with Crippen LogP contribution in [0.3, 0.4) is 0 Å². The highest BCUT2D eigenvalue weighted by Crippen LogP contribution is 2.31. The van der Waals surface area contributed by atoms with E-state index in [1.54, 1.807) is 21.4 Å². The minimum Gasteiger partial charge on any atom is -0.376 e. The van der Waals surface area contributed by atoms with Crippen LogP contribution in [0.15, 0.2) is 35.4 Å². The molecule has 0 aromatic carbocycles. The molecule has 0 spiro atoms. The summed E-state index contributed by atoms with van der Waals surface area (Å²) in [6.45, 7) is 3.81. The number of nitrogens with one attached hydrogen (secondary N) is 1. The summed E-state index contributed by atoms with van der Waals surface area (Å²) < 4.78 is 29.1. The van der Waals surface area contributed by atoms with Crippen LogP contribution in [0.5, 0.6) is 0 Å². The first kappa shape index (κ1) is 21.2. The van der Waals surface area contributed by atoms with Crippen LogP contribution in [0.2, 0.25) is 0 Å². The predicted molar refractivity (Wildman–Crippen MR) is 127 cm³/mol. The molecule has 0 amide bonds. The van der Waals surface area contributed by atoms with Gasteiger partial charge >= 0.3 is 5.69 Å². The van der Waals surface area contributed by atoms with Gasteiger partial charge in [0.2, 0.25) is 0 Å². The second-order valence-corrected chi connectivity index (χ2v) is 8.96. The summed E-state index contributed by atoms with van der Waals surface area (Å²) in [4.78, 5) is 25.8. The topological polar surface area (TPSA) is 87.0 Å². The fourth-order valence-electron chi connectivity index (χ4n) is 4.98. The van der Waals surface area contributed by atoms with Crippen LogP contribution >= 0.6 is 0 Å². The van der Waals surface area contributed by atoms with E-state index in [-0.39, 0.29) is 17.6 Å². The van der Waals surface area contributed by atoms with Crippen molar-refractivity contribution in [2.45, 2.75) is 45.3 Å². The van der Waals surface area contributed by atoms with Crippen molar-refractivity contribution in [3.05, 3.63) is 52.6 Å². The number of ether oxygens (including phenoxy) is 2. The monoisotopic (exact) mass is 463 g/mol. The van der Waals surface area contributed by atoms with E-state index in [1.807, 2.05) is 13.0 Å². The molecule has 34 heavy (non-hydrogen) atoms. The summed E-state index contributed by atoms with van der Waals surface area (Å²) in [6.07, 6.45) is 8.93. The number of imidazole rings is 1. The number of aryl methyl sites for hydroxylation is 1. The molecule has 0 radical (unpaired) electrons. The largest absolute Gasteiger partial charge is 0.376 e. The van der Waals surface area contributed by atoms with Gasteiger partial charge in [0, 0.05) is 34.9 Å². The van der Waals surface area contributed by atoms with Crippen molar-refractivity contribution in [1.82, 2.24) is 24.1 Å². The van der Waals surface area contributed by atoms with Gasteiger partial charge in [-0.2, -0.15) is 0 Å². The number of pyridine rings is 2. The Morgan fingerprint density at radius 1 is 1.26 bits per heavy atom. The van der Waals surface area contributed by atoms with Gasteiger partial charge in [-0.15, -0.1) is 0 Å². The van der Waals surface area contributed by atoms with Gasteiger partial charge in [0.25, 0.3) is 0 Å². The van der Waals surface area contributed by atoms with Gasteiger partial charge in [-0.05, 0) is 44.7 Å². The van der Waals surface area contributed by atoms with Crippen LogP contribution in [0, 0.1) is 12.7 Å². The Kier molecular flexibility index (Phi) is 5.30. The van der Waals surface area contributed by atoms with Gasteiger partial charge in [-0.1, -0.05) is 6.08 Å².